The maximum atomic E-state index is 12.8. The monoisotopic (exact) mass is 274 g/mol. The molecule has 2 N–H and O–H groups in total. The van der Waals surface area contributed by atoms with Gasteiger partial charge in [0.1, 0.15) is 0 Å². The summed E-state index contributed by atoms with van der Waals surface area (Å²) in [4.78, 5) is 12.8. The summed E-state index contributed by atoms with van der Waals surface area (Å²) in [6.07, 6.45) is 4.22. The topological polar surface area (TPSA) is 41.1 Å². The third kappa shape index (κ3) is 3.04. The van der Waals surface area contributed by atoms with Crippen molar-refractivity contribution >= 4 is 5.91 Å². The summed E-state index contributed by atoms with van der Waals surface area (Å²) < 4.78 is 0. The first-order valence-electron chi connectivity index (χ1n) is 7.61. The van der Waals surface area contributed by atoms with Crippen LogP contribution in [-0.2, 0) is 10.2 Å². The molecule has 1 aromatic carbocycles. The van der Waals surface area contributed by atoms with Crippen molar-refractivity contribution in [1.82, 2.24) is 10.6 Å². The number of amides is 1. The fourth-order valence-electron chi connectivity index (χ4n) is 3.09. The van der Waals surface area contributed by atoms with Gasteiger partial charge in [0.15, 0.2) is 0 Å². The lowest BCUT2D eigenvalue weighted by Crippen LogP contribution is -2.46. The summed E-state index contributed by atoms with van der Waals surface area (Å²) in [7, 11) is 1.92. The Morgan fingerprint density at radius 1 is 1.35 bits per heavy atom. The summed E-state index contributed by atoms with van der Waals surface area (Å²) in [6.45, 7) is 4.85. The van der Waals surface area contributed by atoms with Gasteiger partial charge in [-0.3, -0.25) is 4.79 Å². The van der Waals surface area contributed by atoms with Crippen molar-refractivity contribution in [2.24, 2.45) is 0 Å². The van der Waals surface area contributed by atoms with Crippen molar-refractivity contribution in [3.05, 3.63) is 35.4 Å². The lowest BCUT2D eigenvalue weighted by atomic mass is 9.77. The third-order valence-electron chi connectivity index (χ3n) is 4.52. The van der Waals surface area contributed by atoms with Crippen LogP contribution < -0.4 is 10.6 Å². The van der Waals surface area contributed by atoms with Crippen LogP contribution in [0.25, 0.3) is 0 Å². The molecule has 1 aromatic rings. The van der Waals surface area contributed by atoms with E-state index in [-0.39, 0.29) is 11.3 Å². The molecule has 1 amide bonds. The van der Waals surface area contributed by atoms with Gasteiger partial charge in [0.2, 0.25) is 5.91 Å². The number of hydrogen-bond acceptors (Lipinski definition) is 2. The van der Waals surface area contributed by atoms with E-state index < -0.39 is 0 Å². The first kappa shape index (κ1) is 15.0. The Morgan fingerprint density at radius 2 is 2.05 bits per heavy atom. The lowest BCUT2D eigenvalue weighted by Gasteiger charge is -2.29. The van der Waals surface area contributed by atoms with Gasteiger partial charge >= 0.3 is 0 Å². The molecule has 0 spiro atoms. The number of benzene rings is 1. The highest BCUT2D eigenvalue weighted by atomic mass is 16.2. The van der Waals surface area contributed by atoms with Gasteiger partial charge in [0.25, 0.3) is 0 Å². The molecule has 1 atom stereocenters. The summed E-state index contributed by atoms with van der Waals surface area (Å²) in [6, 6.07) is 8.74. The van der Waals surface area contributed by atoms with Crippen molar-refractivity contribution in [2.75, 3.05) is 13.6 Å². The van der Waals surface area contributed by atoms with Crippen LogP contribution in [0, 0.1) is 6.92 Å². The molecule has 20 heavy (non-hydrogen) atoms. The van der Waals surface area contributed by atoms with Gasteiger partial charge in [-0.1, -0.05) is 42.7 Å². The zero-order valence-electron chi connectivity index (χ0n) is 12.8. The minimum atomic E-state index is -0.306. The predicted molar refractivity (Wildman–Crippen MR) is 82.9 cm³/mol. The molecule has 0 aromatic heterocycles. The quantitative estimate of drug-likeness (QED) is 0.866. The van der Waals surface area contributed by atoms with E-state index >= 15 is 0 Å². The van der Waals surface area contributed by atoms with Crippen molar-refractivity contribution in [3.63, 3.8) is 0 Å². The Hall–Kier alpha value is -1.35. The van der Waals surface area contributed by atoms with Crippen molar-refractivity contribution in [3.8, 4) is 0 Å². The molecule has 0 saturated heterocycles. The Bertz CT molecular complexity index is 464. The summed E-state index contributed by atoms with van der Waals surface area (Å²) in [5, 5.41) is 6.29. The van der Waals surface area contributed by atoms with Crippen LogP contribution in [0.5, 0.6) is 0 Å². The number of carbonyl (C=O) groups is 1. The predicted octanol–water partition coefficient (Wildman–Crippen LogP) is 2.53. The van der Waals surface area contributed by atoms with Crippen LogP contribution in [0.1, 0.15) is 43.7 Å². The van der Waals surface area contributed by atoms with Crippen LogP contribution >= 0.6 is 0 Å². The molecule has 1 aliphatic rings. The number of nitrogens with one attached hydrogen (secondary N) is 2. The van der Waals surface area contributed by atoms with Gasteiger partial charge in [0, 0.05) is 12.6 Å². The number of hydrogen-bond donors (Lipinski definition) is 2. The fourth-order valence-corrected chi connectivity index (χ4v) is 3.09. The average Bonchev–Trinajstić information content (AvgIpc) is 2.95. The van der Waals surface area contributed by atoms with Gasteiger partial charge in [0.05, 0.1) is 5.41 Å². The standard InChI is InChI=1S/C17H26N2O/c1-13-7-6-8-15(11-13)17(9-4-5-10-17)16(20)19-12-14(2)18-3/h6-8,11,14,18H,4-5,9-10,12H2,1-3H3,(H,19,20). The van der Waals surface area contributed by atoms with Gasteiger partial charge in [-0.25, -0.2) is 0 Å². The molecule has 3 nitrogen and oxygen atoms in total. The number of likely N-dealkylation sites (N-methyl/N-ethyl adjacent to an activating group) is 1. The first-order valence-corrected chi connectivity index (χ1v) is 7.61. The van der Waals surface area contributed by atoms with Gasteiger partial charge < -0.3 is 10.6 Å². The Labute approximate surface area is 122 Å². The average molecular weight is 274 g/mol. The van der Waals surface area contributed by atoms with Crippen LogP contribution in [0.3, 0.4) is 0 Å². The highest BCUT2D eigenvalue weighted by molar-refractivity contribution is 5.88. The summed E-state index contributed by atoms with van der Waals surface area (Å²) in [5.41, 5.74) is 2.11. The normalized spacial score (nSPS) is 18.8. The number of carbonyl (C=O) groups excluding carboxylic acids is 1. The molecule has 2 rings (SSSR count). The lowest BCUT2D eigenvalue weighted by molar-refractivity contribution is -0.126. The molecule has 1 aliphatic carbocycles. The number of rotatable bonds is 5. The fraction of sp³-hybridized carbons (Fsp3) is 0.588. The van der Waals surface area contributed by atoms with E-state index in [0.717, 1.165) is 25.7 Å². The minimum Gasteiger partial charge on any atom is -0.354 e. The second-order valence-corrected chi connectivity index (χ2v) is 6.06. The van der Waals surface area contributed by atoms with Gasteiger partial charge in [-0.2, -0.15) is 0 Å². The molecule has 1 saturated carbocycles. The number of aryl methyl sites for hydroxylation is 1. The highest BCUT2D eigenvalue weighted by Crippen LogP contribution is 2.41. The largest absolute Gasteiger partial charge is 0.354 e. The third-order valence-corrected chi connectivity index (χ3v) is 4.52. The van der Waals surface area contributed by atoms with Crippen LogP contribution in [0.15, 0.2) is 24.3 Å². The molecule has 110 valence electrons. The van der Waals surface area contributed by atoms with Crippen LogP contribution in [0.4, 0.5) is 0 Å². The van der Waals surface area contributed by atoms with E-state index in [0.29, 0.717) is 12.6 Å². The molecule has 0 bridgehead atoms. The van der Waals surface area contributed by atoms with E-state index in [4.69, 9.17) is 0 Å². The molecule has 0 heterocycles. The van der Waals surface area contributed by atoms with E-state index in [9.17, 15) is 4.79 Å². The Kier molecular flexibility index (Phi) is 4.81. The Balaban J connectivity index is 2.19. The van der Waals surface area contributed by atoms with Crippen LogP contribution in [0.2, 0.25) is 0 Å². The maximum Gasteiger partial charge on any atom is 0.230 e. The van der Waals surface area contributed by atoms with E-state index in [2.05, 4.69) is 48.7 Å². The second-order valence-electron chi connectivity index (χ2n) is 6.06. The molecule has 0 aliphatic heterocycles. The Morgan fingerprint density at radius 3 is 2.65 bits per heavy atom. The second kappa shape index (κ2) is 6.40. The van der Waals surface area contributed by atoms with E-state index in [1.807, 2.05) is 7.05 Å². The smallest absolute Gasteiger partial charge is 0.230 e. The maximum absolute atomic E-state index is 12.8. The van der Waals surface area contributed by atoms with Gasteiger partial charge in [-0.05, 0) is 39.3 Å². The molecular weight excluding hydrogens is 248 g/mol. The van der Waals surface area contributed by atoms with Crippen molar-refractivity contribution in [2.45, 2.75) is 51.0 Å². The first-order chi connectivity index (χ1) is 9.58. The molecule has 1 fully saturated rings. The summed E-state index contributed by atoms with van der Waals surface area (Å²) >= 11 is 0. The minimum absolute atomic E-state index is 0.197. The van der Waals surface area contributed by atoms with Crippen LogP contribution in [-0.4, -0.2) is 25.5 Å². The van der Waals surface area contributed by atoms with Crippen molar-refractivity contribution in [1.29, 1.82) is 0 Å². The molecule has 1 unspecified atom stereocenters. The molecule has 3 heteroatoms. The van der Waals surface area contributed by atoms with E-state index in [1.54, 1.807) is 0 Å². The molecule has 0 radical (unpaired) electrons. The SMILES string of the molecule is CNC(C)CNC(=O)C1(c2cccc(C)c2)CCCC1. The zero-order valence-corrected chi connectivity index (χ0v) is 12.8. The zero-order chi connectivity index (χ0) is 14.6. The van der Waals surface area contributed by atoms with Crippen molar-refractivity contribution < 1.29 is 4.79 Å². The highest BCUT2D eigenvalue weighted by Gasteiger charge is 2.42. The summed E-state index contributed by atoms with van der Waals surface area (Å²) in [5.74, 6) is 0.197. The molecular formula is C17H26N2O. The van der Waals surface area contributed by atoms with Gasteiger partial charge in [-0.15, -0.1) is 0 Å². The van der Waals surface area contributed by atoms with E-state index in [1.165, 1.54) is 11.1 Å².